The fourth-order valence-electron chi connectivity index (χ4n) is 4.10. The molecular weight excluding hydrogens is 398 g/mol. The Balaban J connectivity index is 1.87. The Morgan fingerprint density at radius 3 is 2.74 bits per heavy atom. The molecule has 31 heavy (non-hydrogen) atoms. The van der Waals surface area contributed by atoms with E-state index in [4.69, 9.17) is 4.74 Å². The highest BCUT2D eigenvalue weighted by Gasteiger charge is 2.22. The van der Waals surface area contributed by atoms with Crippen molar-refractivity contribution in [2.24, 2.45) is 5.92 Å². The van der Waals surface area contributed by atoms with Gasteiger partial charge in [-0.25, -0.2) is 9.78 Å². The van der Waals surface area contributed by atoms with Crippen molar-refractivity contribution >= 4 is 17.1 Å². The SMILES string of the molecule is CCCCn1c(=O)[nH]c(=O)c2c1nc(CCC(=O)N(C)CC1CCCO1)n2CC(C)C. The number of nitrogens with one attached hydrogen (secondary N) is 1. The van der Waals surface area contributed by atoms with Gasteiger partial charge in [0.15, 0.2) is 11.2 Å². The monoisotopic (exact) mass is 433 g/mol. The van der Waals surface area contributed by atoms with Crippen LogP contribution >= 0.6 is 0 Å². The van der Waals surface area contributed by atoms with Gasteiger partial charge in [-0.05, 0) is 25.2 Å². The number of fused-ring (bicyclic) bond motifs is 1. The van der Waals surface area contributed by atoms with Crippen LogP contribution in [-0.2, 0) is 29.0 Å². The molecule has 1 atom stereocenters. The van der Waals surface area contributed by atoms with Gasteiger partial charge in [-0.2, -0.15) is 0 Å². The average Bonchev–Trinajstić information content (AvgIpc) is 3.34. The van der Waals surface area contributed by atoms with Crippen LogP contribution < -0.4 is 11.2 Å². The maximum Gasteiger partial charge on any atom is 0.330 e. The van der Waals surface area contributed by atoms with E-state index in [0.29, 0.717) is 49.5 Å². The first-order valence-corrected chi connectivity index (χ1v) is 11.4. The van der Waals surface area contributed by atoms with Crippen LogP contribution in [0.3, 0.4) is 0 Å². The molecule has 1 aliphatic heterocycles. The molecule has 0 radical (unpaired) electrons. The first-order chi connectivity index (χ1) is 14.8. The molecule has 1 N–H and O–H groups in total. The summed E-state index contributed by atoms with van der Waals surface area (Å²) in [7, 11) is 1.80. The normalized spacial score (nSPS) is 16.5. The summed E-state index contributed by atoms with van der Waals surface area (Å²) in [6.45, 7) is 8.65. The Labute approximate surface area is 182 Å². The molecule has 2 aromatic heterocycles. The van der Waals surface area contributed by atoms with E-state index in [9.17, 15) is 14.4 Å². The van der Waals surface area contributed by atoms with Crippen molar-refractivity contribution in [2.45, 2.75) is 78.5 Å². The maximum absolute atomic E-state index is 12.7. The molecule has 1 aliphatic rings. The lowest BCUT2D eigenvalue weighted by atomic mass is 10.2. The van der Waals surface area contributed by atoms with Crippen LogP contribution in [0.1, 0.15) is 58.7 Å². The number of nitrogens with zero attached hydrogens (tertiary/aromatic N) is 4. The quantitative estimate of drug-likeness (QED) is 0.617. The van der Waals surface area contributed by atoms with Crippen molar-refractivity contribution in [3.05, 3.63) is 26.7 Å². The number of ether oxygens (including phenoxy) is 1. The Bertz CT molecular complexity index is 1010. The van der Waals surface area contributed by atoms with Crippen molar-refractivity contribution < 1.29 is 9.53 Å². The fourth-order valence-corrected chi connectivity index (χ4v) is 4.10. The number of unbranched alkanes of at least 4 members (excludes halogenated alkanes) is 1. The molecule has 9 nitrogen and oxygen atoms in total. The lowest BCUT2D eigenvalue weighted by Crippen LogP contribution is -2.34. The summed E-state index contributed by atoms with van der Waals surface area (Å²) in [5, 5.41) is 0. The second kappa shape index (κ2) is 10.3. The van der Waals surface area contributed by atoms with Crippen molar-refractivity contribution in [1.29, 1.82) is 0 Å². The van der Waals surface area contributed by atoms with Gasteiger partial charge in [-0.15, -0.1) is 0 Å². The Kier molecular flexibility index (Phi) is 7.69. The van der Waals surface area contributed by atoms with E-state index in [1.54, 1.807) is 16.5 Å². The van der Waals surface area contributed by atoms with Gasteiger partial charge in [0.2, 0.25) is 5.91 Å². The van der Waals surface area contributed by atoms with Crippen LogP contribution in [0, 0.1) is 5.92 Å². The summed E-state index contributed by atoms with van der Waals surface area (Å²) >= 11 is 0. The van der Waals surface area contributed by atoms with Crippen LogP contribution in [0.25, 0.3) is 11.2 Å². The maximum atomic E-state index is 12.7. The first-order valence-electron chi connectivity index (χ1n) is 11.4. The van der Waals surface area contributed by atoms with Gasteiger partial charge in [-0.1, -0.05) is 27.2 Å². The largest absolute Gasteiger partial charge is 0.376 e. The third-order valence-electron chi connectivity index (χ3n) is 5.74. The van der Waals surface area contributed by atoms with E-state index in [0.717, 1.165) is 32.3 Å². The molecule has 0 aliphatic carbocycles. The summed E-state index contributed by atoms with van der Waals surface area (Å²) in [6.07, 6.45) is 4.60. The Morgan fingerprint density at radius 2 is 2.10 bits per heavy atom. The lowest BCUT2D eigenvalue weighted by molar-refractivity contribution is -0.131. The van der Waals surface area contributed by atoms with E-state index in [1.165, 1.54) is 0 Å². The molecule has 1 amide bonds. The highest BCUT2D eigenvalue weighted by atomic mass is 16.5. The molecule has 0 bridgehead atoms. The number of imidazole rings is 1. The van der Waals surface area contributed by atoms with Crippen molar-refractivity contribution in [3.63, 3.8) is 0 Å². The zero-order valence-corrected chi connectivity index (χ0v) is 19.1. The number of aryl methyl sites for hydroxylation is 2. The molecule has 1 fully saturated rings. The minimum absolute atomic E-state index is 0.0240. The minimum atomic E-state index is -0.431. The summed E-state index contributed by atoms with van der Waals surface area (Å²) in [4.78, 5) is 46.6. The zero-order valence-electron chi connectivity index (χ0n) is 19.1. The molecule has 1 unspecified atom stereocenters. The van der Waals surface area contributed by atoms with E-state index >= 15 is 0 Å². The molecule has 172 valence electrons. The van der Waals surface area contributed by atoms with Crippen LogP contribution in [0.2, 0.25) is 0 Å². The second-order valence-corrected chi connectivity index (χ2v) is 8.88. The number of carbonyl (C=O) groups excluding carboxylic acids is 1. The molecule has 0 spiro atoms. The van der Waals surface area contributed by atoms with E-state index in [-0.39, 0.29) is 17.9 Å². The molecule has 0 aromatic carbocycles. The van der Waals surface area contributed by atoms with Gasteiger partial charge in [0.05, 0.1) is 6.10 Å². The topological polar surface area (TPSA) is 102 Å². The zero-order chi connectivity index (χ0) is 22.5. The van der Waals surface area contributed by atoms with Crippen LogP contribution in [0.5, 0.6) is 0 Å². The van der Waals surface area contributed by atoms with Crippen molar-refractivity contribution in [1.82, 2.24) is 24.0 Å². The predicted molar refractivity (Wildman–Crippen MR) is 119 cm³/mol. The number of aromatic nitrogens is 4. The van der Waals surface area contributed by atoms with Gasteiger partial charge in [-0.3, -0.25) is 19.1 Å². The number of amides is 1. The van der Waals surface area contributed by atoms with E-state index < -0.39 is 11.2 Å². The van der Waals surface area contributed by atoms with Crippen molar-refractivity contribution in [3.8, 4) is 0 Å². The third kappa shape index (κ3) is 5.44. The van der Waals surface area contributed by atoms with E-state index in [1.807, 2.05) is 4.57 Å². The number of hydrogen-bond donors (Lipinski definition) is 1. The lowest BCUT2D eigenvalue weighted by Gasteiger charge is -2.21. The van der Waals surface area contributed by atoms with Crippen LogP contribution in [-0.4, -0.2) is 56.2 Å². The Morgan fingerprint density at radius 1 is 1.32 bits per heavy atom. The van der Waals surface area contributed by atoms with Crippen LogP contribution in [0.4, 0.5) is 0 Å². The molecule has 0 saturated carbocycles. The number of H-pyrrole nitrogens is 1. The summed E-state index contributed by atoms with van der Waals surface area (Å²) < 4.78 is 9.06. The summed E-state index contributed by atoms with van der Waals surface area (Å²) in [6, 6.07) is 0. The number of rotatable bonds is 10. The molecule has 3 rings (SSSR count). The third-order valence-corrected chi connectivity index (χ3v) is 5.74. The van der Waals surface area contributed by atoms with E-state index in [2.05, 4.69) is 30.7 Å². The smallest absolute Gasteiger partial charge is 0.330 e. The molecule has 1 saturated heterocycles. The fraction of sp³-hybridized carbons (Fsp3) is 0.727. The molecule has 3 heterocycles. The Hall–Kier alpha value is -2.42. The predicted octanol–water partition coefficient (Wildman–Crippen LogP) is 1.91. The highest BCUT2D eigenvalue weighted by molar-refractivity contribution is 5.76. The molecule has 2 aromatic rings. The second-order valence-electron chi connectivity index (χ2n) is 8.88. The first kappa shape index (κ1) is 23.2. The summed E-state index contributed by atoms with van der Waals surface area (Å²) in [5.74, 6) is 0.976. The van der Waals surface area contributed by atoms with Gasteiger partial charge >= 0.3 is 5.69 Å². The van der Waals surface area contributed by atoms with Crippen molar-refractivity contribution in [2.75, 3.05) is 20.2 Å². The van der Waals surface area contributed by atoms with Gasteiger partial charge < -0.3 is 14.2 Å². The molecule has 9 heteroatoms. The minimum Gasteiger partial charge on any atom is -0.376 e. The number of likely N-dealkylation sites (N-methyl/N-ethyl adjacent to an activating group) is 1. The van der Waals surface area contributed by atoms with Crippen LogP contribution in [0.15, 0.2) is 9.59 Å². The molecular formula is C22H35N5O4. The average molecular weight is 434 g/mol. The van der Waals surface area contributed by atoms with Gasteiger partial charge in [0.1, 0.15) is 5.82 Å². The summed E-state index contributed by atoms with van der Waals surface area (Å²) in [5.41, 5.74) is -0.0226. The number of carbonyl (C=O) groups is 1. The number of aromatic amines is 1. The highest BCUT2D eigenvalue weighted by Crippen LogP contribution is 2.17. The van der Waals surface area contributed by atoms with Gasteiger partial charge in [0, 0.05) is 46.1 Å². The number of hydrogen-bond acceptors (Lipinski definition) is 5. The standard InChI is InChI=1S/C22H35N5O4/c1-5-6-11-26-20-19(21(29)24-22(26)30)27(13-15(2)3)17(23-20)9-10-18(28)25(4)14-16-8-7-12-31-16/h15-16H,5-14H2,1-4H3,(H,24,29,30). The van der Waals surface area contributed by atoms with Gasteiger partial charge in [0.25, 0.3) is 5.56 Å².